The molecule has 1 aromatic carbocycles. The first-order chi connectivity index (χ1) is 18.9. The van der Waals surface area contributed by atoms with Crippen molar-refractivity contribution in [3.05, 3.63) is 51.1 Å². The molecule has 0 radical (unpaired) electrons. The summed E-state index contributed by atoms with van der Waals surface area (Å²) in [6.45, 7) is 11.8. The fourth-order valence-corrected chi connectivity index (χ4v) is 6.06. The molecule has 2 aromatic heterocycles. The Labute approximate surface area is 239 Å². The lowest BCUT2D eigenvalue weighted by molar-refractivity contribution is -0.136. The van der Waals surface area contributed by atoms with Crippen molar-refractivity contribution in [2.75, 3.05) is 33.4 Å². The van der Waals surface area contributed by atoms with Gasteiger partial charge in [-0.15, -0.1) is 11.3 Å². The summed E-state index contributed by atoms with van der Waals surface area (Å²) in [5.74, 6) is -0.569. The average Bonchev–Trinajstić information content (AvgIpc) is 3.53. The molecule has 0 bridgehead atoms. The summed E-state index contributed by atoms with van der Waals surface area (Å²) in [5, 5.41) is 4.63. The highest BCUT2D eigenvalue weighted by Crippen LogP contribution is 2.29. The maximum Gasteiger partial charge on any atom is 0.280 e. The van der Waals surface area contributed by atoms with Gasteiger partial charge in [0.15, 0.2) is 5.01 Å². The standard InChI is InChI=1S/C19H30N4O3S.C10H10N2O/c1-19(2,3)23-9-7-14-15(11-23)27-18(21-14)17(25)20-13-6-5-8-22(10-13)16(24)12-26-4;1-6-2-3-8-7(4-6)5-9(12-8)10(11)13/h13H,5-12H2,1-4H3,(H,20,25);2-5,12H,1H3,(H2,11,13)/t13-;/m0./s1. The first kappa shape index (κ1) is 29.7. The molecule has 1 saturated heterocycles. The van der Waals surface area contributed by atoms with Gasteiger partial charge >= 0.3 is 0 Å². The Kier molecular flexibility index (Phi) is 9.27. The van der Waals surface area contributed by atoms with E-state index in [2.05, 4.69) is 41.0 Å². The number of thiazole rings is 1. The number of ether oxygens (including phenoxy) is 1. The van der Waals surface area contributed by atoms with Crippen molar-refractivity contribution < 1.29 is 19.1 Å². The molecule has 0 spiro atoms. The summed E-state index contributed by atoms with van der Waals surface area (Å²) in [6, 6.07) is 7.68. The molecule has 2 aliphatic heterocycles. The lowest BCUT2D eigenvalue weighted by Crippen LogP contribution is -2.50. The van der Waals surface area contributed by atoms with E-state index in [0.29, 0.717) is 17.2 Å². The number of hydrogen-bond acceptors (Lipinski definition) is 7. The van der Waals surface area contributed by atoms with Crippen LogP contribution in [0.15, 0.2) is 24.3 Å². The zero-order valence-corrected chi connectivity index (χ0v) is 24.8. The molecule has 3 amide bonds. The lowest BCUT2D eigenvalue weighted by Gasteiger charge is -2.37. The van der Waals surface area contributed by atoms with E-state index in [1.165, 1.54) is 28.9 Å². The fourth-order valence-electron chi connectivity index (χ4n) is 5.03. The quantitative estimate of drug-likeness (QED) is 0.433. The van der Waals surface area contributed by atoms with Crippen LogP contribution < -0.4 is 11.1 Å². The van der Waals surface area contributed by atoms with Crippen molar-refractivity contribution in [1.82, 2.24) is 25.1 Å². The molecule has 1 fully saturated rings. The van der Waals surface area contributed by atoms with Crippen molar-refractivity contribution in [3.8, 4) is 0 Å². The van der Waals surface area contributed by atoms with Gasteiger partial charge in [0, 0.05) is 67.1 Å². The van der Waals surface area contributed by atoms with Gasteiger partial charge in [0.25, 0.3) is 11.8 Å². The molecule has 40 heavy (non-hydrogen) atoms. The summed E-state index contributed by atoms with van der Waals surface area (Å²) < 4.78 is 4.93. The van der Waals surface area contributed by atoms with Crippen LogP contribution in [-0.2, 0) is 22.5 Å². The number of nitrogens with one attached hydrogen (secondary N) is 2. The zero-order valence-electron chi connectivity index (χ0n) is 24.0. The van der Waals surface area contributed by atoms with Gasteiger partial charge in [-0.05, 0) is 58.7 Å². The van der Waals surface area contributed by atoms with E-state index < -0.39 is 5.91 Å². The third-order valence-electron chi connectivity index (χ3n) is 7.29. The maximum absolute atomic E-state index is 12.7. The molecule has 216 valence electrons. The number of H-pyrrole nitrogens is 1. The van der Waals surface area contributed by atoms with Crippen molar-refractivity contribution >= 4 is 40.0 Å². The van der Waals surface area contributed by atoms with E-state index in [-0.39, 0.29) is 30.0 Å². The average molecular weight is 569 g/mol. The van der Waals surface area contributed by atoms with Crippen LogP contribution >= 0.6 is 11.3 Å². The van der Waals surface area contributed by atoms with Crippen LogP contribution in [-0.4, -0.2) is 82.4 Å². The zero-order chi connectivity index (χ0) is 29.0. The van der Waals surface area contributed by atoms with Gasteiger partial charge < -0.3 is 25.7 Å². The van der Waals surface area contributed by atoms with Gasteiger partial charge in [0.05, 0.1) is 5.69 Å². The van der Waals surface area contributed by atoms with Gasteiger partial charge in [-0.1, -0.05) is 11.6 Å². The summed E-state index contributed by atoms with van der Waals surface area (Å²) in [4.78, 5) is 48.5. The molecule has 0 unspecified atom stereocenters. The molecular formula is C29H40N6O4S. The molecule has 4 heterocycles. The smallest absolute Gasteiger partial charge is 0.280 e. The number of piperidine rings is 1. The van der Waals surface area contributed by atoms with E-state index in [1.807, 2.05) is 25.1 Å². The minimum absolute atomic E-state index is 0.0246. The largest absolute Gasteiger partial charge is 0.375 e. The molecule has 10 nitrogen and oxygen atoms in total. The summed E-state index contributed by atoms with van der Waals surface area (Å²) in [5.41, 5.74) is 8.89. The van der Waals surface area contributed by atoms with Crippen molar-refractivity contribution in [1.29, 1.82) is 0 Å². The van der Waals surface area contributed by atoms with Gasteiger partial charge in [0.1, 0.15) is 12.3 Å². The molecule has 3 aromatic rings. The number of likely N-dealkylation sites (tertiary alicyclic amines) is 1. The number of carbonyl (C=O) groups is 3. The number of primary amides is 1. The molecule has 4 N–H and O–H groups in total. The van der Waals surface area contributed by atoms with Gasteiger partial charge in [-0.3, -0.25) is 19.3 Å². The van der Waals surface area contributed by atoms with Crippen LogP contribution in [0.5, 0.6) is 0 Å². The van der Waals surface area contributed by atoms with Gasteiger partial charge in [-0.2, -0.15) is 0 Å². The number of rotatable bonds is 5. The van der Waals surface area contributed by atoms with Gasteiger partial charge in [-0.25, -0.2) is 4.98 Å². The minimum Gasteiger partial charge on any atom is -0.375 e. The third-order valence-corrected chi connectivity index (χ3v) is 8.37. The first-order valence-electron chi connectivity index (χ1n) is 13.6. The van der Waals surface area contributed by atoms with Crippen molar-refractivity contribution in [2.45, 2.75) is 65.1 Å². The van der Waals surface area contributed by atoms with Crippen molar-refractivity contribution in [3.63, 3.8) is 0 Å². The Hall–Kier alpha value is -3.28. The number of nitrogens with zero attached hydrogens (tertiary/aromatic N) is 3. The van der Waals surface area contributed by atoms with Crippen LogP contribution in [0.3, 0.4) is 0 Å². The summed E-state index contributed by atoms with van der Waals surface area (Å²) in [6.07, 6.45) is 2.65. The predicted octanol–water partition coefficient (Wildman–Crippen LogP) is 3.24. The molecule has 0 saturated carbocycles. The monoisotopic (exact) mass is 568 g/mol. The maximum atomic E-state index is 12.7. The normalized spacial score (nSPS) is 17.6. The Morgan fingerprint density at radius 2 is 2.00 bits per heavy atom. The summed E-state index contributed by atoms with van der Waals surface area (Å²) >= 11 is 1.50. The van der Waals surface area contributed by atoms with Crippen LogP contribution in [0.4, 0.5) is 0 Å². The lowest BCUT2D eigenvalue weighted by atomic mass is 10.0. The number of aromatic amines is 1. The number of fused-ring (bicyclic) bond motifs is 2. The van der Waals surface area contributed by atoms with E-state index in [1.54, 1.807) is 11.0 Å². The second kappa shape index (κ2) is 12.5. The topological polar surface area (TPSA) is 134 Å². The highest BCUT2D eigenvalue weighted by molar-refractivity contribution is 7.13. The second-order valence-electron chi connectivity index (χ2n) is 11.5. The number of methoxy groups -OCH3 is 1. The van der Waals surface area contributed by atoms with Gasteiger partial charge in [0.2, 0.25) is 5.91 Å². The predicted molar refractivity (Wildman–Crippen MR) is 156 cm³/mol. The van der Waals surface area contributed by atoms with Crippen LogP contribution in [0, 0.1) is 6.92 Å². The van der Waals surface area contributed by atoms with E-state index in [9.17, 15) is 14.4 Å². The van der Waals surface area contributed by atoms with E-state index >= 15 is 0 Å². The van der Waals surface area contributed by atoms with Crippen LogP contribution in [0.1, 0.15) is 70.0 Å². The number of nitrogens with two attached hydrogens (primary N) is 1. The Bertz CT molecular complexity index is 1370. The number of aryl methyl sites for hydroxylation is 1. The van der Waals surface area contributed by atoms with Crippen LogP contribution in [0.25, 0.3) is 10.9 Å². The number of aromatic nitrogens is 2. The van der Waals surface area contributed by atoms with Crippen LogP contribution in [0.2, 0.25) is 0 Å². The molecule has 1 atom stereocenters. The molecule has 0 aliphatic carbocycles. The molecule has 11 heteroatoms. The highest BCUT2D eigenvalue weighted by Gasteiger charge is 2.30. The Morgan fingerprint density at radius 3 is 2.70 bits per heavy atom. The third kappa shape index (κ3) is 7.26. The number of amides is 3. The highest BCUT2D eigenvalue weighted by atomic mass is 32.1. The second-order valence-corrected chi connectivity index (χ2v) is 12.5. The summed E-state index contributed by atoms with van der Waals surface area (Å²) in [7, 11) is 1.52. The number of benzene rings is 1. The molecular weight excluding hydrogens is 528 g/mol. The Balaban J connectivity index is 0.000000236. The molecule has 2 aliphatic rings. The Morgan fingerprint density at radius 1 is 1.23 bits per heavy atom. The van der Waals surface area contributed by atoms with E-state index in [4.69, 9.17) is 10.5 Å². The van der Waals surface area contributed by atoms with Crippen molar-refractivity contribution in [2.24, 2.45) is 5.73 Å². The first-order valence-corrected chi connectivity index (χ1v) is 14.5. The fraction of sp³-hybridized carbons (Fsp3) is 0.517. The molecule has 5 rings (SSSR count). The number of hydrogen-bond donors (Lipinski definition) is 3. The number of carbonyl (C=O) groups excluding carboxylic acids is 3. The SMILES string of the molecule is COCC(=O)N1CCC[C@H](NC(=O)c2nc3c(s2)CN(C(C)(C)C)CC3)C1.Cc1ccc2[nH]c(C(N)=O)cc2c1. The minimum atomic E-state index is -0.422. The van der Waals surface area contributed by atoms with E-state index in [0.717, 1.165) is 55.5 Å².